The molecular weight excluding hydrogens is 378 g/mol. The maximum atomic E-state index is 15.8. The van der Waals surface area contributed by atoms with E-state index in [4.69, 9.17) is 24.0 Å². The summed E-state index contributed by atoms with van der Waals surface area (Å²) < 4.78 is 39.5. The van der Waals surface area contributed by atoms with Crippen LogP contribution < -0.4 is 10.6 Å². The van der Waals surface area contributed by atoms with Crippen molar-refractivity contribution in [3.05, 3.63) is 6.33 Å². The first-order valence-corrected chi connectivity index (χ1v) is 9.82. The zero-order valence-electron chi connectivity index (χ0n) is 14.9. The van der Waals surface area contributed by atoms with Crippen molar-refractivity contribution in [2.75, 3.05) is 37.4 Å². The molecule has 2 aromatic rings. The maximum absolute atomic E-state index is 15.8. The third-order valence-corrected chi connectivity index (χ3v) is 6.26. The number of nitrogen functional groups attached to an aromatic ring is 1. The van der Waals surface area contributed by atoms with Crippen LogP contribution in [0.4, 0.5) is 16.2 Å². The van der Waals surface area contributed by atoms with Gasteiger partial charge in [-0.1, -0.05) is 0 Å². The van der Waals surface area contributed by atoms with Crippen molar-refractivity contribution in [3.63, 3.8) is 0 Å². The van der Waals surface area contributed by atoms with E-state index >= 15 is 4.39 Å². The number of ether oxygens (including phenoxy) is 1. The Bertz CT molecular complexity index is 877. The fraction of sp³-hybridized carbons (Fsp3) is 0.667. The van der Waals surface area contributed by atoms with Crippen LogP contribution in [0.15, 0.2) is 6.33 Å². The van der Waals surface area contributed by atoms with Gasteiger partial charge in [0.1, 0.15) is 12.2 Å². The number of alkyl halides is 1. The Labute approximate surface area is 155 Å². The molecule has 5 rings (SSSR count). The lowest BCUT2D eigenvalue weighted by atomic mass is 9.98. The number of imidazole rings is 1. The highest BCUT2D eigenvalue weighted by Crippen LogP contribution is 2.54. The minimum atomic E-state index is -1.84. The molecule has 5 atom stereocenters. The van der Waals surface area contributed by atoms with Crippen LogP contribution in [-0.2, 0) is 18.3 Å². The highest BCUT2D eigenvalue weighted by Gasteiger charge is 2.59. The number of hydrogen-bond donors (Lipinski definition) is 1. The van der Waals surface area contributed by atoms with Crippen LogP contribution in [0.25, 0.3) is 11.2 Å². The smallest absolute Gasteiger partial charge is 0.332 e. The summed E-state index contributed by atoms with van der Waals surface area (Å²) in [6.07, 6.45) is 0.261. The van der Waals surface area contributed by atoms with Crippen molar-refractivity contribution < 1.29 is 22.7 Å². The van der Waals surface area contributed by atoms with Gasteiger partial charge in [-0.05, 0) is 13.3 Å². The molecule has 0 aliphatic carbocycles. The van der Waals surface area contributed by atoms with E-state index in [9.17, 15) is 0 Å². The number of anilines is 2. The fourth-order valence-electron chi connectivity index (χ4n) is 3.70. The standard InChI is InChI=1S/C15H20FN6O4P/c1-15(16)10-8(6-24-27(23-2)26-10)25-13(15)22-7-18-9-11(21-4-3-5-21)19-14(17)20-12(9)22/h7-8,10,13H,3-6H2,1-2H3,(H2,17,19,20)/t8-,10-,13-,15-,27?/m1/s1. The summed E-state index contributed by atoms with van der Waals surface area (Å²) in [5, 5.41) is 0. The van der Waals surface area contributed by atoms with Gasteiger partial charge < -0.3 is 28.9 Å². The Kier molecular flexibility index (Phi) is 3.99. The molecule has 2 N–H and O–H groups in total. The Morgan fingerprint density at radius 2 is 2.22 bits per heavy atom. The number of nitrogens with zero attached hydrogens (tertiary/aromatic N) is 5. The van der Waals surface area contributed by atoms with Crippen LogP contribution in [0.3, 0.4) is 0 Å². The Morgan fingerprint density at radius 1 is 1.41 bits per heavy atom. The maximum Gasteiger partial charge on any atom is 0.332 e. The second kappa shape index (κ2) is 6.18. The second-order valence-corrected chi connectivity index (χ2v) is 8.26. The molecule has 10 nitrogen and oxygen atoms in total. The molecule has 27 heavy (non-hydrogen) atoms. The highest BCUT2D eigenvalue weighted by atomic mass is 31.2. The summed E-state index contributed by atoms with van der Waals surface area (Å²) in [6.45, 7) is 3.41. The minimum absolute atomic E-state index is 0.115. The van der Waals surface area contributed by atoms with Crippen molar-refractivity contribution >= 4 is 31.5 Å². The van der Waals surface area contributed by atoms with Crippen LogP contribution in [-0.4, -0.2) is 64.2 Å². The summed E-state index contributed by atoms with van der Waals surface area (Å²) in [7, 11) is -0.114. The number of fused-ring (bicyclic) bond motifs is 2. The van der Waals surface area contributed by atoms with Crippen LogP contribution >= 0.6 is 8.60 Å². The number of rotatable bonds is 3. The highest BCUT2D eigenvalue weighted by molar-refractivity contribution is 7.41. The first kappa shape index (κ1) is 17.4. The van der Waals surface area contributed by atoms with Crippen molar-refractivity contribution in [1.82, 2.24) is 19.5 Å². The Morgan fingerprint density at radius 3 is 2.93 bits per heavy atom. The lowest BCUT2D eigenvalue weighted by Crippen LogP contribution is -2.44. The normalized spacial score (nSPS) is 36.0. The third kappa shape index (κ3) is 2.60. The molecule has 3 saturated heterocycles. The van der Waals surface area contributed by atoms with Gasteiger partial charge in [0.15, 0.2) is 28.9 Å². The molecule has 12 heteroatoms. The van der Waals surface area contributed by atoms with E-state index < -0.39 is 32.7 Å². The molecule has 1 unspecified atom stereocenters. The summed E-state index contributed by atoms with van der Waals surface area (Å²) >= 11 is 0. The molecule has 146 valence electrons. The van der Waals surface area contributed by atoms with Crippen LogP contribution in [0, 0.1) is 0 Å². The van der Waals surface area contributed by atoms with Gasteiger partial charge >= 0.3 is 8.60 Å². The molecular formula is C15H20FN6O4P. The molecule has 0 spiro atoms. The average molecular weight is 398 g/mol. The van der Waals surface area contributed by atoms with Gasteiger partial charge in [0.25, 0.3) is 0 Å². The predicted octanol–water partition coefficient (Wildman–Crippen LogP) is 1.53. The van der Waals surface area contributed by atoms with E-state index in [1.54, 1.807) is 4.57 Å². The van der Waals surface area contributed by atoms with Gasteiger partial charge in [0.2, 0.25) is 5.95 Å². The molecule has 0 radical (unpaired) electrons. The van der Waals surface area contributed by atoms with Gasteiger partial charge in [0, 0.05) is 20.2 Å². The quantitative estimate of drug-likeness (QED) is 0.770. The lowest BCUT2D eigenvalue weighted by Gasteiger charge is -2.33. The summed E-state index contributed by atoms with van der Waals surface area (Å²) in [5.74, 6) is 0.783. The number of aromatic nitrogens is 4. The van der Waals surface area contributed by atoms with E-state index in [-0.39, 0.29) is 12.6 Å². The van der Waals surface area contributed by atoms with Crippen LogP contribution in [0.1, 0.15) is 19.6 Å². The number of hydrogen-bond acceptors (Lipinski definition) is 9. The molecule has 5 heterocycles. The van der Waals surface area contributed by atoms with Crippen LogP contribution in [0.2, 0.25) is 0 Å². The van der Waals surface area contributed by atoms with Gasteiger partial charge in [0.05, 0.1) is 12.9 Å². The first-order chi connectivity index (χ1) is 13.0. The van der Waals surface area contributed by atoms with E-state index in [1.807, 2.05) is 0 Å². The summed E-state index contributed by atoms with van der Waals surface area (Å²) in [6, 6.07) is 0. The van der Waals surface area contributed by atoms with E-state index in [0.717, 1.165) is 19.5 Å². The SMILES string of the molecule is COP1OC[C@H]2O[C@@H](n3cnc4c(N5CCC5)nc(N)nc43)[C@](C)(F)[C@@H]2O1. The number of nitrogens with two attached hydrogens (primary N) is 1. The van der Waals surface area contributed by atoms with Gasteiger partial charge in [-0.15, -0.1) is 0 Å². The average Bonchev–Trinajstić information content (AvgIpc) is 3.11. The summed E-state index contributed by atoms with van der Waals surface area (Å²) in [4.78, 5) is 15.1. The second-order valence-electron chi connectivity index (χ2n) is 6.98. The van der Waals surface area contributed by atoms with E-state index in [1.165, 1.54) is 20.4 Å². The van der Waals surface area contributed by atoms with Gasteiger partial charge in [-0.3, -0.25) is 4.57 Å². The fourth-order valence-corrected chi connectivity index (χ4v) is 4.75. The van der Waals surface area contributed by atoms with Gasteiger partial charge in [-0.25, -0.2) is 9.37 Å². The van der Waals surface area contributed by atoms with Crippen molar-refractivity contribution in [3.8, 4) is 0 Å². The Hall–Kier alpha value is -1.65. The third-order valence-electron chi connectivity index (χ3n) is 5.20. The Balaban J connectivity index is 1.55. The van der Waals surface area contributed by atoms with Crippen molar-refractivity contribution in [2.45, 2.75) is 37.4 Å². The minimum Gasteiger partial charge on any atom is -0.368 e. The zero-order chi connectivity index (χ0) is 18.8. The lowest BCUT2D eigenvalue weighted by molar-refractivity contribution is -0.0611. The molecule has 0 amide bonds. The molecule has 0 saturated carbocycles. The molecule has 0 aromatic carbocycles. The first-order valence-electron chi connectivity index (χ1n) is 8.72. The van der Waals surface area contributed by atoms with Crippen LogP contribution in [0.5, 0.6) is 0 Å². The monoisotopic (exact) mass is 398 g/mol. The predicted molar refractivity (Wildman–Crippen MR) is 94.7 cm³/mol. The van der Waals surface area contributed by atoms with Gasteiger partial charge in [-0.2, -0.15) is 9.97 Å². The largest absolute Gasteiger partial charge is 0.368 e. The molecule has 3 aliphatic rings. The molecule has 2 aromatic heterocycles. The molecule has 3 aliphatic heterocycles. The summed E-state index contributed by atoms with van der Waals surface area (Å²) in [5.41, 5.74) is 5.09. The molecule has 3 fully saturated rings. The van der Waals surface area contributed by atoms with E-state index in [2.05, 4.69) is 19.9 Å². The van der Waals surface area contributed by atoms with Crippen molar-refractivity contribution in [1.29, 1.82) is 0 Å². The topological polar surface area (TPSA) is 110 Å². The molecule has 0 bridgehead atoms. The van der Waals surface area contributed by atoms with E-state index in [0.29, 0.717) is 17.0 Å². The van der Waals surface area contributed by atoms with Crippen molar-refractivity contribution in [2.24, 2.45) is 0 Å². The zero-order valence-corrected chi connectivity index (χ0v) is 15.8. The number of halogens is 1.